The summed E-state index contributed by atoms with van der Waals surface area (Å²) < 4.78 is 1.07. The molecule has 2 unspecified atom stereocenters. The molecule has 3 nitrogen and oxygen atoms in total. The molecule has 0 fully saturated rings. The van der Waals surface area contributed by atoms with Crippen LogP contribution in [0.15, 0.2) is 28.7 Å². The van der Waals surface area contributed by atoms with Crippen molar-refractivity contribution in [2.45, 2.75) is 39.2 Å². The van der Waals surface area contributed by atoms with E-state index in [-0.39, 0.29) is 17.9 Å². The highest BCUT2D eigenvalue weighted by atomic mass is 79.9. The number of nitrogens with two attached hydrogens (primary N) is 1. The Bertz CT molecular complexity index is 392. The van der Waals surface area contributed by atoms with Crippen molar-refractivity contribution in [3.05, 3.63) is 34.3 Å². The summed E-state index contributed by atoms with van der Waals surface area (Å²) in [5.41, 5.74) is 6.86. The molecule has 19 heavy (non-hydrogen) atoms. The number of carbonyl (C=O) groups is 1. The van der Waals surface area contributed by atoms with E-state index >= 15 is 0 Å². The second-order valence-corrected chi connectivity index (χ2v) is 5.88. The van der Waals surface area contributed by atoms with Crippen molar-refractivity contribution in [1.82, 2.24) is 5.32 Å². The Labute approximate surface area is 124 Å². The van der Waals surface area contributed by atoms with Crippen LogP contribution in [-0.2, 0) is 11.2 Å². The second-order valence-electron chi connectivity index (χ2n) is 4.96. The minimum absolute atomic E-state index is 0.0580. The summed E-state index contributed by atoms with van der Waals surface area (Å²) >= 11 is 3.41. The molecule has 1 aromatic carbocycles. The molecule has 0 aliphatic carbocycles. The van der Waals surface area contributed by atoms with Gasteiger partial charge in [0.2, 0.25) is 5.91 Å². The molecule has 4 heteroatoms. The van der Waals surface area contributed by atoms with Crippen LogP contribution >= 0.6 is 15.9 Å². The van der Waals surface area contributed by atoms with Crippen LogP contribution in [0, 0.1) is 5.92 Å². The van der Waals surface area contributed by atoms with Gasteiger partial charge in [-0.15, -0.1) is 0 Å². The van der Waals surface area contributed by atoms with E-state index in [0.717, 1.165) is 23.7 Å². The van der Waals surface area contributed by atoms with Crippen molar-refractivity contribution >= 4 is 21.8 Å². The van der Waals surface area contributed by atoms with Crippen LogP contribution in [0.5, 0.6) is 0 Å². The Morgan fingerprint density at radius 1 is 1.37 bits per heavy atom. The fourth-order valence-electron chi connectivity index (χ4n) is 2.09. The predicted octanol–water partition coefficient (Wildman–Crippen LogP) is 2.87. The van der Waals surface area contributed by atoms with Crippen LogP contribution in [0.3, 0.4) is 0 Å². The monoisotopic (exact) mass is 326 g/mol. The molecule has 0 saturated carbocycles. The molecule has 0 aromatic heterocycles. The van der Waals surface area contributed by atoms with Crippen LogP contribution in [0.4, 0.5) is 0 Å². The van der Waals surface area contributed by atoms with Gasteiger partial charge in [0.05, 0.1) is 5.92 Å². The number of hydrogen-bond donors (Lipinski definition) is 2. The minimum Gasteiger partial charge on any atom is -0.353 e. The number of amides is 1. The zero-order chi connectivity index (χ0) is 14.3. The topological polar surface area (TPSA) is 55.1 Å². The molecule has 0 spiro atoms. The highest BCUT2D eigenvalue weighted by Crippen LogP contribution is 2.12. The molecule has 0 radical (unpaired) electrons. The molecule has 2 atom stereocenters. The number of halogens is 1. The van der Waals surface area contributed by atoms with Gasteiger partial charge in [0.1, 0.15) is 0 Å². The first kappa shape index (κ1) is 16.2. The van der Waals surface area contributed by atoms with E-state index in [0.29, 0.717) is 6.54 Å². The van der Waals surface area contributed by atoms with Gasteiger partial charge in [0, 0.05) is 17.1 Å². The number of rotatable bonds is 7. The number of benzene rings is 1. The first-order valence-corrected chi connectivity index (χ1v) is 7.61. The van der Waals surface area contributed by atoms with Crippen LogP contribution in [0.2, 0.25) is 0 Å². The van der Waals surface area contributed by atoms with Crippen LogP contribution < -0.4 is 11.1 Å². The SMILES string of the molecule is CCCC(CN)C(=O)NC(C)Cc1ccc(Br)cc1. The van der Waals surface area contributed by atoms with E-state index in [1.165, 1.54) is 5.56 Å². The lowest BCUT2D eigenvalue weighted by Crippen LogP contribution is -2.40. The maximum absolute atomic E-state index is 12.0. The van der Waals surface area contributed by atoms with Crippen molar-refractivity contribution in [3.63, 3.8) is 0 Å². The molecular weight excluding hydrogens is 304 g/mol. The molecule has 0 aliphatic rings. The van der Waals surface area contributed by atoms with Crippen molar-refractivity contribution < 1.29 is 4.79 Å². The Morgan fingerprint density at radius 2 is 2.00 bits per heavy atom. The molecular formula is C15H23BrN2O. The maximum Gasteiger partial charge on any atom is 0.224 e. The minimum atomic E-state index is -0.0580. The van der Waals surface area contributed by atoms with E-state index in [1.54, 1.807) is 0 Å². The normalized spacial score (nSPS) is 13.9. The zero-order valence-electron chi connectivity index (χ0n) is 11.7. The van der Waals surface area contributed by atoms with Crippen molar-refractivity contribution in [1.29, 1.82) is 0 Å². The summed E-state index contributed by atoms with van der Waals surface area (Å²) in [5, 5.41) is 3.05. The summed E-state index contributed by atoms with van der Waals surface area (Å²) in [5.74, 6) is 0.0197. The quantitative estimate of drug-likeness (QED) is 0.809. The highest BCUT2D eigenvalue weighted by molar-refractivity contribution is 9.10. The van der Waals surface area contributed by atoms with Gasteiger partial charge in [0.15, 0.2) is 0 Å². The molecule has 1 rings (SSSR count). The van der Waals surface area contributed by atoms with Gasteiger partial charge in [-0.25, -0.2) is 0 Å². The zero-order valence-corrected chi connectivity index (χ0v) is 13.2. The lowest BCUT2D eigenvalue weighted by Gasteiger charge is -2.19. The second kappa shape index (κ2) is 8.33. The van der Waals surface area contributed by atoms with Crippen LogP contribution in [0.25, 0.3) is 0 Å². The number of hydrogen-bond acceptors (Lipinski definition) is 2. The molecule has 3 N–H and O–H groups in total. The lowest BCUT2D eigenvalue weighted by atomic mass is 10.0. The van der Waals surface area contributed by atoms with Crippen molar-refractivity contribution in [3.8, 4) is 0 Å². The Hall–Kier alpha value is -0.870. The van der Waals surface area contributed by atoms with Crippen LogP contribution in [0.1, 0.15) is 32.3 Å². The number of carbonyl (C=O) groups excluding carboxylic acids is 1. The average molecular weight is 327 g/mol. The van der Waals surface area contributed by atoms with Gasteiger partial charge in [-0.05, 0) is 37.5 Å². The molecule has 1 amide bonds. The summed E-state index contributed by atoms with van der Waals surface area (Å²) in [4.78, 5) is 12.0. The van der Waals surface area contributed by atoms with Crippen molar-refractivity contribution in [2.24, 2.45) is 11.7 Å². The first-order chi connectivity index (χ1) is 9.06. The summed E-state index contributed by atoms with van der Waals surface area (Å²) in [7, 11) is 0. The average Bonchev–Trinajstić information content (AvgIpc) is 2.38. The summed E-state index contributed by atoms with van der Waals surface area (Å²) in [6.07, 6.45) is 2.67. The van der Waals surface area contributed by atoms with Gasteiger partial charge >= 0.3 is 0 Å². The first-order valence-electron chi connectivity index (χ1n) is 6.81. The van der Waals surface area contributed by atoms with Gasteiger partial charge in [-0.1, -0.05) is 41.4 Å². The van der Waals surface area contributed by atoms with Gasteiger partial charge in [-0.2, -0.15) is 0 Å². The summed E-state index contributed by atoms with van der Waals surface area (Å²) in [6.45, 7) is 4.52. The third-order valence-electron chi connectivity index (χ3n) is 3.14. The van der Waals surface area contributed by atoms with Crippen molar-refractivity contribution in [2.75, 3.05) is 6.54 Å². The van der Waals surface area contributed by atoms with E-state index in [4.69, 9.17) is 5.73 Å². The Balaban J connectivity index is 2.47. The third kappa shape index (κ3) is 5.74. The standard InChI is InChI=1S/C15H23BrN2O/c1-3-4-13(10-17)15(19)18-11(2)9-12-5-7-14(16)8-6-12/h5-8,11,13H,3-4,9-10,17H2,1-2H3,(H,18,19). The highest BCUT2D eigenvalue weighted by Gasteiger charge is 2.17. The fourth-order valence-corrected chi connectivity index (χ4v) is 2.35. The maximum atomic E-state index is 12.0. The van der Waals surface area contributed by atoms with E-state index < -0.39 is 0 Å². The fraction of sp³-hybridized carbons (Fsp3) is 0.533. The van der Waals surface area contributed by atoms with E-state index in [2.05, 4.69) is 40.3 Å². The molecule has 106 valence electrons. The van der Waals surface area contributed by atoms with Crippen LogP contribution in [-0.4, -0.2) is 18.5 Å². The Kier molecular flexibility index (Phi) is 7.10. The summed E-state index contributed by atoms with van der Waals surface area (Å²) in [6, 6.07) is 8.30. The molecule has 0 heterocycles. The third-order valence-corrected chi connectivity index (χ3v) is 3.66. The molecule has 0 aliphatic heterocycles. The van der Waals surface area contributed by atoms with Gasteiger partial charge < -0.3 is 11.1 Å². The Morgan fingerprint density at radius 3 is 2.53 bits per heavy atom. The van der Waals surface area contributed by atoms with Gasteiger partial charge in [-0.3, -0.25) is 4.79 Å². The molecule has 1 aromatic rings. The molecule has 0 bridgehead atoms. The lowest BCUT2D eigenvalue weighted by molar-refractivity contribution is -0.125. The predicted molar refractivity (Wildman–Crippen MR) is 82.9 cm³/mol. The van der Waals surface area contributed by atoms with E-state index in [1.807, 2.05) is 19.1 Å². The van der Waals surface area contributed by atoms with E-state index in [9.17, 15) is 4.79 Å². The largest absolute Gasteiger partial charge is 0.353 e. The smallest absolute Gasteiger partial charge is 0.224 e. The van der Waals surface area contributed by atoms with Gasteiger partial charge in [0.25, 0.3) is 0 Å². The number of nitrogens with one attached hydrogen (secondary N) is 1. The molecule has 0 saturated heterocycles.